The predicted octanol–water partition coefficient (Wildman–Crippen LogP) is 4.16. The van der Waals surface area contributed by atoms with Gasteiger partial charge >= 0.3 is 5.02 Å². The van der Waals surface area contributed by atoms with Crippen molar-refractivity contribution in [3.8, 4) is 5.75 Å². The van der Waals surface area contributed by atoms with Crippen molar-refractivity contribution in [2.45, 2.75) is 5.02 Å². The molecule has 0 atom stereocenters. The van der Waals surface area contributed by atoms with Crippen LogP contribution in [0.5, 0.6) is 5.75 Å². The maximum atomic E-state index is 12.6. The molecule has 0 spiro atoms. The van der Waals surface area contributed by atoms with Crippen molar-refractivity contribution in [2.24, 2.45) is 0 Å². The Hall–Kier alpha value is -1.16. The molecular weight excluding hydrogens is 266 g/mol. The van der Waals surface area contributed by atoms with Crippen LogP contribution < -0.4 is 4.74 Å². The number of hydrogen-bond donors (Lipinski definition) is 0. The number of rotatable bonds is 2. The highest BCUT2D eigenvalue weighted by Crippen LogP contribution is 2.32. The van der Waals surface area contributed by atoms with Gasteiger partial charge in [0.05, 0.1) is 0 Å². The van der Waals surface area contributed by atoms with Crippen LogP contribution in [0.3, 0.4) is 0 Å². The van der Waals surface area contributed by atoms with E-state index in [2.05, 4.69) is 20.7 Å². The van der Waals surface area contributed by atoms with Gasteiger partial charge in [-0.15, -0.1) is 0 Å². The van der Waals surface area contributed by atoms with Crippen molar-refractivity contribution < 1.29 is 13.5 Å². The number of benzene rings is 2. The van der Waals surface area contributed by atoms with Crippen LogP contribution in [0, 0.1) is 0 Å². The summed E-state index contributed by atoms with van der Waals surface area (Å²) in [6, 6.07) is 12.2. The summed E-state index contributed by atoms with van der Waals surface area (Å²) in [5.41, 5.74) is 0. The fourth-order valence-electron chi connectivity index (χ4n) is 1.41. The molecule has 78 valence electrons. The molecule has 0 aliphatic heterocycles. The molecule has 0 amide bonds. The van der Waals surface area contributed by atoms with Crippen LogP contribution >= 0.6 is 15.9 Å². The molecule has 2 aromatic carbocycles. The Labute approximate surface area is 93.8 Å². The van der Waals surface area contributed by atoms with Gasteiger partial charge in [0.2, 0.25) is 0 Å². The highest BCUT2D eigenvalue weighted by molar-refractivity contribution is 9.09. The molecule has 0 saturated heterocycles. The minimum atomic E-state index is -3.34. The fourth-order valence-corrected chi connectivity index (χ4v) is 1.58. The third-order valence-electron chi connectivity index (χ3n) is 1.98. The molecule has 0 radical (unpaired) electrons. The zero-order valence-corrected chi connectivity index (χ0v) is 9.17. The molecule has 0 bridgehead atoms. The van der Waals surface area contributed by atoms with Crippen LogP contribution in [0.4, 0.5) is 8.78 Å². The number of alkyl halides is 3. The Balaban J connectivity index is 2.52. The van der Waals surface area contributed by atoms with E-state index < -0.39 is 5.02 Å². The van der Waals surface area contributed by atoms with E-state index in [1.54, 1.807) is 18.2 Å². The summed E-state index contributed by atoms with van der Waals surface area (Å²) in [5.74, 6) is 0.162. The van der Waals surface area contributed by atoms with Crippen LogP contribution in [0.1, 0.15) is 0 Å². The minimum absolute atomic E-state index is 0.162. The van der Waals surface area contributed by atoms with Gasteiger partial charge in [0.15, 0.2) is 0 Å². The monoisotopic (exact) mass is 272 g/mol. The van der Waals surface area contributed by atoms with Crippen molar-refractivity contribution in [3.05, 3.63) is 42.5 Å². The summed E-state index contributed by atoms with van der Waals surface area (Å²) in [7, 11) is 0. The molecule has 0 aromatic heterocycles. The molecule has 15 heavy (non-hydrogen) atoms. The van der Waals surface area contributed by atoms with Gasteiger partial charge in [-0.3, -0.25) is 0 Å². The van der Waals surface area contributed by atoms with E-state index in [1.807, 2.05) is 18.2 Å². The Morgan fingerprint density at radius 1 is 1.00 bits per heavy atom. The van der Waals surface area contributed by atoms with Crippen LogP contribution in [-0.4, -0.2) is 5.02 Å². The standard InChI is InChI=1S/C11H7BrF2O/c12-11(13,14)15-10-7-3-5-8-4-1-2-6-9(8)10/h1-7H. The first-order chi connectivity index (χ1) is 7.06. The highest BCUT2D eigenvalue weighted by Gasteiger charge is 2.27. The molecule has 0 saturated carbocycles. The average molecular weight is 273 g/mol. The summed E-state index contributed by atoms with van der Waals surface area (Å²) in [6.07, 6.45) is 0. The maximum absolute atomic E-state index is 12.6. The Kier molecular flexibility index (Phi) is 2.61. The topological polar surface area (TPSA) is 9.23 Å². The quantitative estimate of drug-likeness (QED) is 0.746. The van der Waals surface area contributed by atoms with E-state index in [0.29, 0.717) is 5.39 Å². The van der Waals surface area contributed by atoms with Crippen LogP contribution in [0.2, 0.25) is 0 Å². The maximum Gasteiger partial charge on any atom is 0.459 e. The molecule has 2 aromatic rings. The van der Waals surface area contributed by atoms with Crippen LogP contribution in [-0.2, 0) is 0 Å². The minimum Gasteiger partial charge on any atom is -0.423 e. The smallest absolute Gasteiger partial charge is 0.423 e. The van der Waals surface area contributed by atoms with E-state index in [-0.39, 0.29) is 5.75 Å². The van der Waals surface area contributed by atoms with Crippen molar-refractivity contribution >= 4 is 26.7 Å². The van der Waals surface area contributed by atoms with Crippen molar-refractivity contribution in [2.75, 3.05) is 0 Å². The van der Waals surface area contributed by atoms with Crippen molar-refractivity contribution in [1.82, 2.24) is 0 Å². The molecule has 2 rings (SSSR count). The highest BCUT2D eigenvalue weighted by atomic mass is 79.9. The molecule has 4 heteroatoms. The molecule has 0 aliphatic rings. The van der Waals surface area contributed by atoms with Gasteiger partial charge in [0, 0.05) is 21.3 Å². The van der Waals surface area contributed by atoms with Crippen LogP contribution in [0.25, 0.3) is 10.8 Å². The Bertz CT molecular complexity index is 474. The zero-order chi connectivity index (χ0) is 10.9. The van der Waals surface area contributed by atoms with E-state index in [1.165, 1.54) is 6.07 Å². The first-order valence-electron chi connectivity index (χ1n) is 4.30. The van der Waals surface area contributed by atoms with Gasteiger partial charge in [0.25, 0.3) is 0 Å². The number of halogens is 3. The molecular formula is C11H7BrF2O. The zero-order valence-electron chi connectivity index (χ0n) is 7.58. The molecule has 0 heterocycles. The molecule has 0 fully saturated rings. The van der Waals surface area contributed by atoms with Gasteiger partial charge in [-0.25, -0.2) is 0 Å². The summed E-state index contributed by atoms with van der Waals surface area (Å²) in [5, 5.41) is -1.80. The SMILES string of the molecule is FC(F)(Br)Oc1cccc2ccccc12. The Morgan fingerprint density at radius 3 is 2.40 bits per heavy atom. The molecule has 0 unspecified atom stereocenters. The predicted molar refractivity (Wildman–Crippen MR) is 58.5 cm³/mol. The lowest BCUT2D eigenvalue weighted by Crippen LogP contribution is -2.14. The third-order valence-corrected chi connectivity index (χ3v) is 2.14. The van der Waals surface area contributed by atoms with E-state index in [0.717, 1.165) is 5.39 Å². The number of ether oxygens (including phenoxy) is 1. The van der Waals surface area contributed by atoms with Gasteiger partial charge in [-0.2, -0.15) is 8.78 Å². The second kappa shape index (κ2) is 3.77. The Morgan fingerprint density at radius 2 is 1.67 bits per heavy atom. The normalized spacial score (nSPS) is 11.7. The second-order valence-electron chi connectivity index (χ2n) is 3.03. The first kappa shape index (κ1) is 10.4. The largest absolute Gasteiger partial charge is 0.459 e. The van der Waals surface area contributed by atoms with E-state index in [4.69, 9.17) is 0 Å². The summed E-state index contributed by atoms with van der Waals surface area (Å²) in [4.78, 5) is 0. The summed E-state index contributed by atoms with van der Waals surface area (Å²) < 4.78 is 29.8. The van der Waals surface area contributed by atoms with Crippen molar-refractivity contribution in [1.29, 1.82) is 0 Å². The van der Waals surface area contributed by atoms with Crippen molar-refractivity contribution in [3.63, 3.8) is 0 Å². The van der Waals surface area contributed by atoms with Crippen LogP contribution in [0.15, 0.2) is 42.5 Å². The third kappa shape index (κ3) is 2.45. The van der Waals surface area contributed by atoms with Gasteiger partial charge in [-0.1, -0.05) is 36.4 Å². The second-order valence-corrected chi connectivity index (χ2v) is 3.95. The molecule has 0 N–H and O–H groups in total. The lowest BCUT2D eigenvalue weighted by atomic mass is 10.1. The van der Waals surface area contributed by atoms with E-state index in [9.17, 15) is 8.78 Å². The number of fused-ring (bicyclic) bond motifs is 1. The lowest BCUT2D eigenvalue weighted by Gasteiger charge is -2.12. The van der Waals surface area contributed by atoms with Gasteiger partial charge < -0.3 is 4.74 Å². The molecule has 0 aliphatic carbocycles. The first-order valence-corrected chi connectivity index (χ1v) is 5.09. The summed E-state index contributed by atoms with van der Waals surface area (Å²) >= 11 is 2.15. The van der Waals surface area contributed by atoms with E-state index >= 15 is 0 Å². The summed E-state index contributed by atoms with van der Waals surface area (Å²) in [6.45, 7) is 0. The fraction of sp³-hybridized carbons (Fsp3) is 0.0909. The lowest BCUT2D eigenvalue weighted by molar-refractivity contribution is -0.0793. The van der Waals surface area contributed by atoms with Gasteiger partial charge in [0.1, 0.15) is 5.75 Å². The molecule has 1 nitrogen and oxygen atoms in total. The number of hydrogen-bond acceptors (Lipinski definition) is 1. The van der Waals surface area contributed by atoms with Gasteiger partial charge in [-0.05, 0) is 11.5 Å². The average Bonchev–Trinajstić information content (AvgIpc) is 2.16.